The lowest BCUT2D eigenvalue weighted by Gasteiger charge is -2.34. The molecular weight excluding hydrogens is 398 g/mol. The third-order valence-corrected chi connectivity index (χ3v) is 6.20. The molecule has 0 spiro atoms. The minimum absolute atomic E-state index is 0.725. The predicted molar refractivity (Wildman–Crippen MR) is 128 cm³/mol. The molecule has 0 radical (unpaired) electrons. The van der Waals surface area contributed by atoms with Crippen molar-refractivity contribution in [1.82, 2.24) is 15.0 Å². The van der Waals surface area contributed by atoms with Gasteiger partial charge in [-0.05, 0) is 35.4 Å². The highest BCUT2D eigenvalue weighted by Gasteiger charge is 2.18. The number of hydrogen-bond acceptors (Lipinski definition) is 5. The lowest BCUT2D eigenvalue weighted by Crippen LogP contribution is -2.47. The first-order valence-corrected chi connectivity index (χ1v) is 11.3. The van der Waals surface area contributed by atoms with E-state index < -0.39 is 0 Å². The Morgan fingerprint density at radius 1 is 0.844 bits per heavy atom. The van der Waals surface area contributed by atoms with E-state index in [0.29, 0.717) is 0 Å². The number of rotatable bonds is 7. The van der Waals surface area contributed by atoms with E-state index in [-0.39, 0.29) is 0 Å². The van der Waals surface area contributed by atoms with Crippen molar-refractivity contribution in [2.75, 3.05) is 39.3 Å². The van der Waals surface area contributed by atoms with E-state index in [1.165, 1.54) is 16.3 Å². The summed E-state index contributed by atoms with van der Waals surface area (Å²) in [6.45, 7) is 8.75. The van der Waals surface area contributed by atoms with Crippen LogP contribution in [0.5, 0.6) is 5.75 Å². The van der Waals surface area contributed by atoms with Gasteiger partial charge in [0, 0.05) is 50.9 Å². The Balaban J connectivity index is 1.11. The molecule has 0 unspecified atom stereocenters. The predicted octanol–water partition coefficient (Wildman–Crippen LogP) is 5.00. The molecule has 0 atom stereocenters. The molecule has 1 saturated heterocycles. The summed E-state index contributed by atoms with van der Waals surface area (Å²) in [6, 6.07) is 25.0. The van der Waals surface area contributed by atoms with Crippen LogP contribution in [-0.4, -0.2) is 54.3 Å². The lowest BCUT2D eigenvalue weighted by atomic mass is 10.1. The molecule has 3 aromatic carbocycles. The molecule has 0 aliphatic carbocycles. The van der Waals surface area contributed by atoms with Gasteiger partial charge in [0.25, 0.3) is 0 Å². The zero-order chi connectivity index (χ0) is 21.8. The van der Waals surface area contributed by atoms with Crippen molar-refractivity contribution in [3.63, 3.8) is 0 Å². The molecule has 4 aromatic rings. The fourth-order valence-corrected chi connectivity index (χ4v) is 4.27. The van der Waals surface area contributed by atoms with Crippen LogP contribution in [0.25, 0.3) is 22.1 Å². The van der Waals surface area contributed by atoms with Crippen LogP contribution in [0.4, 0.5) is 0 Å². The normalized spacial score (nSPS) is 15.3. The number of ether oxygens (including phenoxy) is 1. The molecule has 164 valence electrons. The van der Waals surface area contributed by atoms with Gasteiger partial charge in [0.2, 0.25) is 0 Å². The highest BCUT2D eigenvalue weighted by atomic mass is 16.5. The molecule has 1 fully saturated rings. The summed E-state index contributed by atoms with van der Waals surface area (Å²) in [5, 5.41) is 6.77. The van der Waals surface area contributed by atoms with Crippen molar-refractivity contribution in [2.45, 2.75) is 13.5 Å². The molecule has 5 rings (SSSR count). The topological polar surface area (TPSA) is 41.7 Å². The molecule has 0 bridgehead atoms. The molecule has 0 saturated carbocycles. The van der Waals surface area contributed by atoms with E-state index in [1.54, 1.807) is 0 Å². The van der Waals surface area contributed by atoms with Gasteiger partial charge in [-0.15, -0.1) is 0 Å². The second-order valence-corrected chi connectivity index (χ2v) is 8.48. The van der Waals surface area contributed by atoms with E-state index in [0.717, 1.165) is 68.6 Å². The van der Waals surface area contributed by atoms with Crippen LogP contribution in [0.1, 0.15) is 11.3 Å². The highest BCUT2D eigenvalue weighted by molar-refractivity contribution is 5.86. The van der Waals surface area contributed by atoms with Crippen LogP contribution >= 0.6 is 0 Å². The monoisotopic (exact) mass is 427 g/mol. The third-order valence-electron chi connectivity index (χ3n) is 6.20. The molecular formula is C27H29N3O2. The Hall–Kier alpha value is -3.15. The Morgan fingerprint density at radius 2 is 1.59 bits per heavy atom. The summed E-state index contributed by atoms with van der Waals surface area (Å²) in [5.41, 5.74) is 3.25. The maximum atomic E-state index is 5.96. The molecule has 32 heavy (non-hydrogen) atoms. The summed E-state index contributed by atoms with van der Waals surface area (Å²) in [7, 11) is 0. The standard InChI is InChI=1S/C27H29N3O2/c1-21-6-2-5-9-26(21)31-17-16-29-12-14-30(15-13-29)20-25-19-27(32-28-25)24-11-10-22-7-3-4-8-23(22)18-24/h2-11,18-19H,12-17,20H2,1H3. The first kappa shape index (κ1) is 20.7. The first-order valence-electron chi connectivity index (χ1n) is 11.3. The van der Waals surface area contributed by atoms with Gasteiger partial charge in [-0.2, -0.15) is 0 Å². The zero-order valence-corrected chi connectivity index (χ0v) is 18.5. The Morgan fingerprint density at radius 3 is 2.44 bits per heavy atom. The number of piperazine rings is 1. The molecule has 1 aliphatic heterocycles. The van der Waals surface area contributed by atoms with E-state index in [1.807, 2.05) is 18.2 Å². The van der Waals surface area contributed by atoms with E-state index in [2.05, 4.69) is 76.5 Å². The van der Waals surface area contributed by atoms with Crippen molar-refractivity contribution >= 4 is 10.8 Å². The van der Waals surface area contributed by atoms with Crippen molar-refractivity contribution < 1.29 is 9.26 Å². The van der Waals surface area contributed by atoms with Crippen LogP contribution < -0.4 is 4.74 Å². The molecule has 2 heterocycles. The van der Waals surface area contributed by atoms with Crippen molar-refractivity contribution in [3.8, 4) is 17.1 Å². The van der Waals surface area contributed by atoms with Crippen molar-refractivity contribution in [3.05, 3.63) is 84.1 Å². The van der Waals surface area contributed by atoms with Gasteiger partial charge < -0.3 is 9.26 Å². The van der Waals surface area contributed by atoms with Crippen LogP contribution in [0, 0.1) is 6.92 Å². The zero-order valence-electron chi connectivity index (χ0n) is 18.5. The van der Waals surface area contributed by atoms with Crippen LogP contribution in [-0.2, 0) is 6.54 Å². The second-order valence-electron chi connectivity index (χ2n) is 8.48. The van der Waals surface area contributed by atoms with Gasteiger partial charge in [-0.1, -0.05) is 59.8 Å². The minimum atomic E-state index is 0.725. The van der Waals surface area contributed by atoms with Gasteiger partial charge in [-0.25, -0.2) is 0 Å². The van der Waals surface area contributed by atoms with Crippen molar-refractivity contribution in [2.24, 2.45) is 0 Å². The third kappa shape index (κ3) is 4.85. The Labute approximate surface area is 189 Å². The van der Waals surface area contributed by atoms with Crippen LogP contribution in [0.3, 0.4) is 0 Å². The molecule has 0 N–H and O–H groups in total. The van der Waals surface area contributed by atoms with Gasteiger partial charge in [0.05, 0.1) is 5.69 Å². The summed E-state index contributed by atoms with van der Waals surface area (Å²) in [4.78, 5) is 4.92. The smallest absolute Gasteiger partial charge is 0.167 e. The van der Waals surface area contributed by atoms with Gasteiger partial charge >= 0.3 is 0 Å². The molecule has 5 heteroatoms. The van der Waals surface area contributed by atoms with E-state index in [4.69, 9.17) is 9.26 Å². The van der Waals surface area contributed by atoms with Gasteiger partial charge in [-0.3, -0.25) is 9.80 Å². The quantitative estimate of drug-likeness (QED) is 0.415. The van der Waals surface area contributed by atoms with Gasteiger partial charge in [0.1, 0.15) is 12.4 Å². The Bertz CT molecular complexity index is 1180. The number of hydrogen-bond donors (Lipinski definition) is 0. The summed E-state index contributed by atoms with van der Waals surface area (Å²) >= 11 is 0. The van der Waals surface area contributed by atoms with Crippen molar-refractivity contribution in [1.29, 1.82) is 0 Å². The molecule has 1 aromatic heterocycles. The maximum Gasteiger partial charge on any atom is 0.167 e. The average molecular weight is 428 g/mol. The van der Waals surface area contributed by atoms with Crippen LogP contribution in [0.2, 0.25) is 0 Å². The number of benzene rings is 3. The summed E-state index contributed by atoms with van der Waals surface area (Å²) in [5.74, 6) is 1.82. The average Bonchev–Trinajstić information content (AvgIpc) is 3.30. The van der Waals surface area contributed by atoms with Crippen LogP contribution in [0.15, 0.2) is 77.3 Å². The maximum absolute atomic E-state index is 5.96. The molecule has 1 aliphatic rings. The van der Waals surface area contributed by atoms with E-state index in [9.17, 15) is 0 Å². The lowest BCUT2D eigenvalue weighted by molar-refractivity contribution is 0.111. The largest absolute Gasteiger partial charge is 0.492 e. The highest BCUT2D eigenvalue weighted by Crippen LogP contribution is 2.25. The number of aryl methyl sites for hydroxylation is 1. The van der Waals surface area contributed by atoms with E-state index >= 15 is 0 Å². The number of fused-ring (bicyclic) bond motifs is 1. The SMILES string of the molecule is Cc1ccccc1OCCN1CCN(Cc2cc(-c3ccc4ccccc4c3)on2)CC1. The minimum Gasteiger partial charge on any atom is -0.492 e. The summed E-state index contributed by atoms with van der Waals surface area (Å²) in [6.07, 6.45) is 0. The first-order chi connectivity index (χ1) is 15.7. The Kier molecular flexibility index (Phi) is 6.19. The molecule has 5 nitrogen and oxygen atoms in total. The number of para-hydroxylation sites is 1. The van der Waals surface area contributed by atoms with Gasteiger partial charge in [0.15, 0.2) is 5.76 Å². The summed E-state index contributed by atoms with van der Waals surface area (Å²) < 4.78 is 11.6. The number of nitrogens with zero attached hydrogens (tertiary/aromatic N) is 3. The number of aromatic nitrogens is 1. The fraction of sp³-hybridized carbons (Fsp3) is 0.296. The fourth-order valence-electron chi connectivity index (χ4n) is 4.27. The second kappa shape index (κ2) is 9.55. The molecule has 0 amide bonds.